The van der Waals surface area contributed by atoms with Gasteiger partial charge in [0.1, 0.15) is 5.82 Å². The van der Waals surface area contributed by atoms with Crippen molar-refractivity contribution in [2.24, 2.45) is 0 Å². The van der Waals surface area contributed by atoms with E-state index in [2.05, 4.69) is 15.6 Å². The Bertz CT molecular complexity index is 611. The number of amides is 1. The van der Waals surface area contributed by atoms with Crippen molar-refractivity contribution in [2.45, 2.75) is 26.4 Å². The van der Waals surface area contributed by atoms with Gasteiger partial charge < -0.3 is 10.6 Å². The van der Waals surface area contributed by atoms with Crippen LogP contribution in [0.4, 0.5) is 10.1 Å². The number of carbonyl (C=O) groups is 1. The van der Waals surface area contributed by atoms with E-state index in [1.54, 1.807) is 24.4 Å². The van der Waals surface area contributed by atoms with Gasteiger partial charge in [-0.2, -0.15) is 0 Å². The lowest BCUT2D eigenvalue weighted by Crippen LogP contribution is -2.23. The molecule has 0 aliphatic heterocycles. The van der Waals surface area contributed by atoms with Crippen molar-refractivity contribution in [3.8, 4) is 0 Å². The maximum atomic E-state index is 12.8. The molecule has 5 heteroatoms. The lowest BCUT2D eigenvalue weighted by Gasteiger charge is -2.11. The van der Waals surface area contributed by atoms with Crippen LogP contribution in [0.2, 0.25) is 0 Å². The number of nitrogens with one attached hydrogen (secondary N) is 2. The molecule has 4 nitrogen and oxygen atoms in total. The molecule has 1 heterocycles. The standard InChI is InChI=1S/C16H18FN3O/c1-11(2)20-15-7-13(9-18-10-15)16(21)19-8-12-3-5-14(17)6-4-12/h3-7,9-11,20H,8H2,1-2H3,(H,19,21). The first-order valence-corrected chi connectivity index (χ1v) is 6.79. The number of carbonyl (C=O) groups excluding carboxylic acids is 1. The Morgan fingerprint density at radius 2 is 1.95 bits per heavy atom. The van der Waals surface area contributed by atoms with Crippen molar-refractivity contribution in [1.82, 2.24) is 10.3 Å². The molecule has 21 heavy (non-hydrogen) atoms. The van der Waals surface area contributed by atoms with Crippen molar-refractivity contribution in [2.75, 3.05) is 5.32 Å². The Hall–Kier alpha value is -2.43. The van der Waals surface area contributed by atoms with Crippen LogP contribution in [0.15, 0.2) is 42.7 Å². The van der Waals surface area contributed by atoms with E-state index in [-0.39, 0.29) is 17.8 Å². The van der Waals surface area contributed by atoms with Crippen LogP contribution in [0.3, 0.4) is 0 Å². The summed E-state index contributed by atoms with van der Waals surface area (Å²) >= 11 is 0. The molecular weight excluding hydrogens is 269 g/mol. The zero-order chi connectivity index (χ0) is 15.2. The molecule has 0 radical (unpaired) electrons. The summed E-state index contributed by atoms with van der Waals surface area (Å²) in [5.41, 5.74) is 2.14. The maximum Gasteiger partial charge on any atom is 0.253 e. The molecule has 1 aromatic carbocycles. The molecule has 0 saturated carbocycles. The maximum absolute atomic E-state index is 12.8. The van der Waals surface area contributed by atoms with E-state index in [1.807, 2.05) is 13.8 Å². The van der Waals surface area contributed by atoms with Crippen molar-refractivity contribution in [3.05, 3.63) is 59.7 Å². The lowest BCUT2D eigenvalue weighted by atomic mass is 10.2. The molecule has 2 aromatic rings. The van der Waals surface area contributed by atoms with Crippen molar-refractivity contribution < 1.29 is 9.18 Å². The van der Waals surface area contributed by atoms with Crippen LogP contribution < -0.4 is 10.6 Å². The summed E-state index contributed by atoms with van der Waals surface area (Å²) in [5, 5.41) is 5.98. The number of hydrogen-bond donors (Lipinski definition) is 2. The third-order valence-corrected chi connectivity index (χ3v) is 2.82. The summed E-state index contributed by atoms with van der Waals surface area (Å²) in [6, 6.07) is 8.05. The number of anilines is 1. The van der Waals surface area contributed by atoms with Crippen LogP contribution in [0.25, 0.3) is 0 Å². The molecule has 1 aromatic heterocycles. The monoisotopic (exact) mass is 287 g/mol. The fourth-order valence-electron chi connectivity index (χ4n) is 1.86. The van der Waals surface area contributed by atoms with Gasteiger partial charge in [0.15, 0.2) is 0 Å². The van der Waals surface area contributed by atoms with Gasteiger partial charge in [0, 0.05) is 25.0 Å². The van der Waals surface area contributed by atoms with Gasteiger partial charge in [-0.25, -0.2) is 4.39 Å². The Labute approximate surface area is 123 Å². The van der Waals surface area contributed by atoms with Crippen molar-refractivity contribution >= 4 is 11.6 Å². The summed E-state index contributed by atoms with van der Waals surface area (Å²) in [5.74, 6) is -0.499. The molecule has 0 aliphatic rings. The highest BCUT2D eigenvalue weighted by molar-refractivity contribution is 5.94. The first kappa shape index (κ1) is 15.0. The zero-order valence-electron chi connectivity index (χ0n) is 12.1. The van der Waals surface area contributed by atoms with E-state index in [9.17, 15) is 9.18 Å². The van der Waals surface area contributed by atoms with E-state index in [0.29, 0.717) is 12.1 Å². The lowest BCUT2D eigenvalue weighted by molar-refractivity contribution is 0.0950. The number of pyridine rings is 1. The minimum absolute atomic E-state index is 0.209. The molecule has 1 amide bonds. The molecule has 0 bridgehead atoms. The molecular formula is C16H18FN3O. The van der Waals surface area contributed by atoms with Crippen molar-refractivity contribution in [1.29, 1.82) is 0 Å². The SMILES string of the molecule is CC(C)Nc1cncc(C(=O)NCc2ccc(F)cc2)c1. The van der Waals surface area contributed by atoms with Crippen LogP contribution in [0.1, 0.15) is 29.8 Å². The Kier molecular flexibility index (Phi) is 4.87. The highest BCUT2D eigenvalue weighted by Crippen LogP contribution is 2.10. The molecule has 0 atom stereocenters. The number of nitrogens with zero attached hydrogens (tertiary/aromatic N) is 1. The fourth-order valence-corrected chi connectivity index (χ4v) is 1.86. The van der Waals surface area contributed by atoms with E-state index < -0.39 is 0 Å². The molecule has 0 spiro atoms. The molecule has 0 saturated heterocycles. The second-order valence-corrected chi connectivity index (χ2v) is 5.07. The van der Waals surface area contributed by atoms with Crippen LogP contribution >= 0.6 is 0 Å². The van der Waals surface area contributed by atoms with E-state index in [0.717, 1.165) is 11.3 Å². The Balaban J connectivity index is 1.98. The first-order valence-electron chi connectivity index (χ1n) is 6.79. The number of rotatable bonds is 5. The highest BCUT2D eigenvalue weighted by Gasteiger charge is 2.07. The minimum Gasteiger partial charge on any atom is -0.382 e. The van der Waals surface area contributed by atoms with E-state index in [1.165, 1.54) is 18.3 Å². The van der Waals surface area contributed by atoms with Gasteiger partial charge in [-0.15, -0.1) is 0 Å². The summed E-state index contributed by atoms with van der Waals surface area (Å²) in [4.78, 5) is 16.1. The second kappa shape index (κ2) is 6.83. The summed E-state index contributed by atoms with van der Waals surface area (Å²) in [6.07, 6.45) is 3.20. The number of benzene rings is 1. The third kappa shape index (κ3) is 4.56. The van der Waals surface area contributed by atoms with Crippen LogP contribution in [-0.4, -0.2) is 16.9 Å². The van der Waals surface area contributed by atoms with Gasteiger partial charge >= 0.3 is 0 Å². The number of hydrogen-bond acceptors (Lipinski definition) is 3. The predicted octanol–water partition coefficient (Wildman–Crippen LogP) is 2.97. The van der Waals surface area contributed by atoms with E-state index in [4.69, 9.17) is 0 Å². The molecule has 110 valence electrons. The highest BCUT2D eigenvalue weighted by atomic mass is 19.1. The molecule has 0 fully saturated rings. The van der Waals surface area contributed by atoms with Crippen LogP contribution in [-0.2, 0) is 6.54 Å². The smallest absolute Gasteiger partial charge is 0.253 e. The average molecular weight is 287 g/mol. The fraction of sp³-hybridized carbons (Fsp3) is 0.250. The quantitative estimate of drug-likeness (QED) is 0.889. The average Bonchev–Trinajstić information content (AvgIpc) is 2.46. The topological polar surface area (TPSA) is 54.0 Å². The first-order chi connectivity index (χ1) is 10.0. The normalized spacial score (nSPS) is 10.5. The Morgan fingerprint density at radius 1 is 1.24 bits per heavy atom. The summed E-state index contributed by atoms with van der Waals surface area (Å²) in [6.45, 7) is 4.38. The molecule has 2 rings (SSSR count). The van der Waals surface area contributed by atoms with Crippen molar-refractivity contribution in [3.63, 3.8) is 0 Å². The molecule has 0 aliphatic carbocycles. The largest absolute Gasteiger partial charge is 0.382 e. The van der Waals surface area contributed by atoms with Gasteiger partial charge in [-0.05, 0) is 37.6 Å². The molecule has 0 unspecified atom stereocenters. The van der Waals surface area contributed by atoms with Gasteiger partial charge in [0.2, 0.25) is 0 Å². The number of aromatic nitrogens is 1. The minimum atomic E-state index is -0.290. The second-order valence-electron chi connectivity index (χ2n) is 5.07. The zero-order valence-corrected chi connectivity index (χ0v) is 12.1. The van der Waals surface area contributed by atoms with Gasteiger partial charge in [0.05, 0.1) is 11.3 Å². The molecule has 2 N–H and O–H groups in total. The third-order valence-electron chi connectivity index (χ3n) is 2.82. The number of halogens is 1. The van der Waals surface area contributed by atoms with Crippen LogP contribution in [0.5, 0.6) is 0 Å². The van der Waals surface area contributed by atoms with Gasteiger partial charge in [-0.1, -0.05) is 12.1 Å². The van der Waals surface area contributed by atoms with Gasteiger partial charge in [-0.3, -0.25) is 9.78 Å². The summed E-state index contributed by atoms with van der Waals surface area (Å²) < 4.78 is 12.8. The Morgan fingerprint density at radius 3 is 2.62 bits per heavy atom. The summed E-state index contributed by atoms with van der Waals surface area (Å²) in [7, 11) is 0. The van der Waals surface area contributed by atoms with Gasteiger partial charge in [0.25, 0.3) is 5.91 Å². The van der Waals surface area contributed by atoms with Crippen LogP contribution in [0, 0.1) is 5.82 Å². The predicted molar refractivity (Wildman–Crippen MR) is 80.6 cm³/mol. The van der Waals surface area contributed by atoms with E-state index >= 15 is 0 Å².